The molecule has 0 fully saturated rings. The molecule has 0 heterocycles. The molecule has 0 N–H and O–H groups in total. The SMILES string of the molecule is [N-]=[N+]=Nc1ccccc1CCCSCc1ccccc1. The first-order valence-corrected chi connectivity index (χ1v) is 7.80. The van der Waals surface area contributed by atoms with Crippen LogP contribution in [0.15, 0.2) is 59.7 Å². The second-order valence-corrected chi connectivity index (χ2v) is 5.57. The molecule has 102 valence electrons. The number of hydrogen-bond donors (Lipinski definition) is 0. The molecule has 0 bridgehead atoms. The van der Waals surface area contributed by atoms with E-state index in [9.17, 15) is 0 Å². The maximum atomic E-state index is 8.53. The molecule has 0 saturated heterocycles. The van der Waals surface area contributed by atoms with Crippen molar-refractivity contribution < 1.29 is 0 Å². The van der Waals surface area contributed by atoms with E-state index in [1.165, 1.54) is 5.56 Å². The van der Waals surface area contributed by atoms with Gasteiger partial charge in [-0.25, -0.2) is 0 Å². The van der Waals surface area contributed by atoms with Gasteiger partial charge in [-0.05, 0) is 35.3 Å². The molecule has 0 spiro atoms. The Morgan fingerprint density at radius 1 is 1.00 bits per heavy atom. The number of aryl methyl sites for hydroxylation is 1. The molecular formula is C16H17N3S. The smallest absolute Gasteiger partial charge is 0.0407 e. The van der Waals surface area contributed by atoms with Crippen LogP contribution in [0.4, 0.5) is 5.69 Å². The van der Waals surface area contributed by atoms with Gasteiger partial charge in [0, 0.05) is 16.4 Å². The van der Waals surface area contributed by atoms with Crippen LogP contribution in [0.25, 0.3) is 10.4 Å². The molecule has 0 aliphatic heterocycles. The molecule has 0 aliphatic rings. The van der Waals surface area contributed by atoms with Crippen LogP contribution in [0.2, 0.25) is 0 Å². The van der Waals surface area contributed by atoms with Gasteiger partial charge in [0.15, 0.2) is 0 Å². The van der Waals surface area contributed by atoms with E-state index in [1.54, 1.807) is 0 Å². The van der Waals surface area contributed by atoms with E-state index in [1.807, 2.05) is 42.1 Å². The van der Waals surface area contributed by atoms with Crippen molar-refractivity contribution in [3.8, 4) is 0 Å². The maximum Gasteiger partial charge on any atom is 0.0407 e. The zero-order chi connectivity index (χ0) is 14.0. The zero-order valence-corrected chi connectivity index (χ0v) is 12.1. The van der Waals surface area contributed by atoms with E-state index >= 15 is 0 Å². The normalized spacial score (nSPS) is 10.0. The van der Waals surface area contributed by atoms with Gasteiger partial charge in [0.25, 0.3) is 0 Å². The third kappa shape index (κ3) is 4.65. The molecule has 0 radical (unpaired) electrons. The largest absolute Gasteiger partial charge is 0.157 e. The lowest BCUT2D eigenvalue weighted by Crippen LogP contribution is -1.89. The summed E-state index contributed by atoms with van der Waals surface area (Å²) in [6, 6.07) is 18.3. The zero-order valence-electron chi connectivity index (χ0n) is 11.3. The Labute approximate surface area is 123 Å². The Bertz CT molecular complexity index is 577. The average molecular weight is 283 g/mol. The molecule has 3 nitrogen and oxygen atoms in total. The third-order valence-corrected chi connectivity index (χ3v) is 4.11. The van der Waals surface area contributed by atoms with Crippen molar-refractivity contribution in [3.05, 3.63) is 76.2 Å². The van der Waals surface area contributed by atoms with Crippen LogP contribution in [0.3, 0.4) is 0 Å². The lowest BCUT2D eigenvalue weighted by atomic mass is 10.1. The topological polar surface area (TPSA) is 48.8 Å². The Hall–Kier alpha value is -1.90. The summed E-state index contributed by atoms with van der Waals surface area (Å²) in [5.41, 5.74) is 11.8. The number of hydrogen-bond acceptors (Lipinski definition) is 2. The van der Waals surface area contributed by atoms with Crippen LogP contribution in [-0.4, -0.2) is 5.75 Å². The van der Waals surface area contributed by atoms with Crippen molar-refractivity contribution in [2.24, 2.45) is 5.11 Å². The highest BCUT2D eigenvalue weighted by atomic mass is 32.2. The number of nitrogens with zero attached hydrogens (tertiary/aromatic N) is 3. The summed E-state index contributed by atoms with van der Waals surface area (Å²) in [5.74, 6) is 2.17. The van der Waals surface area contributed by atoms with E-state index in [2.05, 4.69) is 34.3 Å². The molecule has 20 heavy (non-hydrogen) atoms. The first-order valence-electron chi connectivity index (χ1n) is 6.65. The predicted octanol–water partition coefficient (Wildman–Crippen LogP) is 5.49. The summed E-state index contributed by atoms with van der Waals surface area (Å²) in [4.78, 5) is 2.87. The molecule has 2 aromatic rings. The quantitative estimate of drug-likeness (QED) is 0.286. The molecule has 2 aromatic carbocycles. The van der Waals surface area contributed by atoms with Crippen LogP contribution in [-0.2, 0) is 12.2 Å². The lowest BCUT2D eigenvalue weighted by molar-refractivity contribution is 0.932. The van der Waals surface area contributed by atoms with Gasteiger partial charge < -0.3 is 0 Å². The van der Waals surface area contributed by atoms with E-state index in [0.717, 1.165) is 35.6 Å². The minimum atomic E-state index is 0.753. The molecule has 4 heteroatoms. The highest BCUT2D eigenvalue weighted by Gasteiger charge is 2.00. The van der Waals surface area contributed by atoms with Crippen LogP contribution in [0, 0.1) is 0 Å². The van der Waals surface area contributed by atoms with Crippen molar-refractivity contribution in [1.82, 2.24) is 0 Å². The fourth-order valence-corrected chi connectivity index (χ4v) is 2.92. The summed E-state index contributed by atoms with van der Waals surface area (Å²) in [5, 5.41) is 3.73. The number of rotatable bonds is 7. The molecule has 2 rings (SSSR count). The Kier molecular flexibility index (Phi) is 6.03. The number of thioether (sulfide) groups is 1. The summed E-state index contributed by atoms with van der Waals surface area (Å²) in [6.45, 7) is 0. The number of benzene rings is 2. The van der Waals surface area contributed by atoms with Crippen molar-refractivity contribution in [2.75, 3.05) is 5.75 Å². The van der Waals surface area contributed by atoms with Gasteiger partial charge in [0.1, 0.15) is 0 Å². The lowest BCUT2D eigenvalue weighted by Gasteiger charge is -2.05. The van der Waals surface area contributed by atoms with Gasteiger partial charge in [-0.3, -0.25) is 0 Å². The minimum absolute atomic E-state index is 0.753. The molecule has 0 aliphatic carbocycles. The second-order valence-electron chi connectivity index (χ2n) is 4.46. The summed E-state index contributed by atoms with van der Waals surface area (Å²) < 4.78 is 0. The second kappa shape index (κ2) is 8.31. The van der Waals surface area contributed by atoms with Crippen LogP contribution < -0.4 is 0 Å². The van der Waals surface area contributed by atoms with Gasteiger partial charge in [-0.15, -0.1) is 0 Å². The summed E-state index contributed by atoms with van der Waals surface area (Å²) in [6.07, 6.45) is 2.05. The Morgan fingerprint density at radius 3 is 2.55 bits per heavy atom. The molecule has 0 atom stereocenters. The summed E-state index contributed by atoms with van der Waals surface area (Å²) in [7, 11) is 0. The van der Waals surface area contributed by atoms with E-state index in [0.29, 0.717) is 0 Å². The van der Waals surface area contributed by atoms with Gasteiger partial charge in [0.05, 0.1) is 0 Å². The van der Waals surface area contributed by atoms with Gasteiger partial charge >= 0.3 is 0 Å². The summed E-state index contributed by atoms with van der Waals surface area (Å²) >= 11 is 1.94. The molecule has 0 aromatic heterocycles. The molecular weight excluding hydrogens is 266 g/mol. The standard InChI is InChI=1S/C16H17N3S/c17-19-18-16-11-5-4-9-15(16)10-6-12-20-13-14-7-2-1-3-8-14/h1-5,7-9,11H,6,10,12-13H2. The Balaban J connectivity index is 1.75. The highest BCUT2D eigenvalue weighted by molar-refractivity contribution is 7.98. The maximum absolute atomic E-state index is 8.53. The average Bonchev–Trinajstić information content (AvgIpc) is 2.50. The van der Waals surface area contributed by atoms with Crippen LogP contribution in [0.1, 0.15) is 17.5 Å². The Morgan fingerprint density at radius 2 is 1.75 bits per heavy atom. The monoisotopic (exact) mass is 283 g/mol. The fourth-order valence-electron chi connectivity index (χ4n) is 2.00. The van der Waals surface area contributed by atoms with Gasteiger partial charge in [-0.1, -0.05) is 59.7 Å². The predicted molar refractivity (Wildman–Crippen MR) is 86.2 cm³/mol. The number of azide groups is 1. The van der Waals surface area contributed by atoms with Crippen molar-refractivity contribution in [3.63, 3.8) is 0 Å². The first kappa shape index (κ1) is 14.5. The van der Waals surface area contributed by atoms with Crippen molar-refractivity contribution >= 4 is 17.4 Å². The van der Waals surface area contributed by atoms with Crippen molar-refractivity contribution in [1.29, 1.82) is 0 Å². The molecule has 0 saturated carbocycles. The molecule has 0 unspecified atom stereocenters. The van der Waals surface area contributed by atoms with E-state index in [4.69, 9.17) is 5.53 Å². The highest BCUT2D eigenvalue weighted by Crippen LogP contribution is 2.21. The van der Waals surface area contributed by atoms with Crippen LogP contribution in [0.5, 0.6) is 0 Å². The molecule has 0 amide bonds. The van der Waals surface area contributed by atoms with Gasteiger partial charge in [0.2, 0.25) is 0 Å². The third-order valence-electron chi connectivity index (χ3n) is 2.99. The fraction of sp³-hybridized carbons (Fsp3) is 0.250. The van der Waals surface area contributed by atoms with Crippen LogP contribution >= 0.6 is 11.8 Å². The first-order chi connectivity index (χ1) is 9.90. The van der Waals surface area contributed by atoms with E-state index < -0.39 is 0 Å². The van der Waals surface area contributed by atoms with Crippen molar-refractivity contribution in [2.45, 2.75) is 18.6 Å². The van der Waals surface area contributed by atoms with E-state index in [-0.39, 0.29) is 0 Å². The van der Waals surface area contributed by atoms with Gasteiger partial charge in [-0.2, -0.15) is 11.8 Å². The minimum Gasteiger partial charge on any atom is -0.157 e.